The van der Waals surface area contributed by atoms with Gasteiger partial charge in [-0.1, -0.05) is 13.8 Å². The molecule has 0 spiro atoms. The topological polar surface area (TPSA) is 105 Å². The SMILES string of the molecule is CCCCCCCCOc1ccc(I(OS(=O)(=O)CCCS(=O)(=O)OF)c2ccc(OCCCCCCCC)cc2)cc1. The summed E-state index contributed by atoms with van der Waals surface area (Å²) in [5.74, 6) is 0.0506. The summed E-state index contributed by atoms with van der Waals surface area (Å²) >= 11 is -2.99. The van der Waals surface area contributed by atoms with Gasteiger partial charge in [0.05, 0.1) is 0 Å². The normalized spacial score (nSPS) is 12.3. The van der Waals surface area contributed by atoms with Crippen molar-refractivity contribution in [2.24, 2.45) is 0 Å². The molecule has 12 heteroatoms. The van der Waals surface area contributed by atoms with Crippen LogP contribution in [0, 0.1) is 7.14 Å². The number of hydrogen-bond donors (Lipinski definition) is 0. The molecule has 0 radical (unpaired) electrons. The Kier molecular flexibility index (Phi) is 18.7. The molecule has 2 aromatic carbocycles. The van der Waals surface area contributed by atoms with E-state index >= 15 is 0 Å². The summed E-state index contributed by atoms with van der Waals surface area (Å²) in [6.45, 7) is 5.62. The Morgan fingerprint density at radius 2 is 0.953 bits per heavy atom. The fourth-order valence-electron chi connectivity index (χ4n) is 4.21. The van der Waals surface area contributed by atoms with E-state index in [4.69, 9.17) is 12.0 Å². The van der Waals surface area contributed by atoms with Crippen molar-refractivity contribution in [1.82, 2.24) is 0 Å². The predicted octanol–water partition coefficient (Wildman–Crippen LogP) is 8.59. The van der Waals surface area contributed by atoms with Gasteiger partial charge in [-0.3, -0.25) is 0 Å². The van der Waals surface area contributed by atoms with Gasteiger partial charge in [0, 0.05) is 0 Å². The molecule has 246 valence electrons. The van der Waals surface area contributed by atoms with Gasteiger partial charge in [-0.15, -0.1) is 0 Å². The Bertz CT molecular complexity index is 1160. The first kappa shape index (κ1) is 37.7. The Hall–Kier alpha value is -1.48. The van der Waals surface area contributed by atoms with Crippen molar-refractivity contribution in [1.29, 1.82) is 0 Å². The van der Waals surface area contributed by atoms with Crippen LogP contribution in [-0.2, 0) is 27.1 Å². The number of halogens is 2. The minimum absolute atomic E-state index is 0.352. The van der Waals surface area contributed by atoms with E-state index in [0.717, 1.165) is 32.8 Å². The van der Waals surface area contributed by atoms with Crippen LogP contribution in [0.3, 0.4) is 0 Å². The molecular formula is C31H48FIO8S2. The Morgan fingerprint density at radius 1 is 0.558 bits per heavy atom. The molecule has 0 aromatic heterocycles. The van der Waals surface area contributed by atoms with Crippen LogP contribution in [0.2, 0.25) is 0 Å². The van der Waals surface area contributed by atoms with E-state index < -0.39 is 52.0 Å². The number of rotatable bonds is 25. The van der Waals surface area contributed by atoms with Crippen LogP contribution >= 0.6 is 20.2 Å². The summed E-state index contributed by atoms with van der Waals surface area (Å²) in [6, 6.07) is 14.5. The summed E-state index contributed by atoms with van der Waals surface area (Å²) in [7, 11) is -8.54. The fraction of sp³-hybridized carbons (Fsp3) is 0.613. The van der Waals surface area contributed by atoms with Gasteiger partial charge in [0.2, 0.25) is 0 Å². The van der Waals surface area contributed by atoms with Crippen molar-refractivity contribution < 1.29 is 37.7 Å². The second kappa shape index (κ2) is 21.3. The van der Waals surface area contributed by atoms with Crippen LogP contribution in [0.1, 0.15) is 97.3 Å². The van der Waals surface area contributed by atoms with E-state index in [1.807, 2.05) is 48.5 Å². The average molecular weight is 759 g/mol. The summed E-state index contributed by atoms with van der Waals surface area (Å²) in [5, 5.41) is 0. The summed E-state index contributed by atoms with van der Waals surface area (Å²) in [4.78, 5) is 0. The quantitative estimate of drug-likeness (QED) is 0.0733. The van der Waals surface area contributed by atoms with Gasteiger partial charge in [0.15, 0.2) is 0 Å². The van der Waals surface area contributed by atoms with Gasteiger partial charge >= 0.3 is 254 Å². The van der Waals surface area contributed by atoms with Crippen molar-refractivity contribution in [2.75, 3.05) is 24.7 Å². The van der Waals surface area contributed by atoms with E-state index in [9.17, 15) is 21.4 Å². The maximum absolute atomic E-state index is 12.9. The van der Waals surface area contributed by atoms with Crippen molar-refractivity contribution in [3.8, 4) is 11.5 Å². The van der Waals surface area contributed by atoms with Gasteiger partial charge in [-0.05, 0) is 0 Å². The minimum atomic E-state index is -4.42. The van der Waals surface area contributed by atoms with Crippen LogP contribution in [-0.4, -0.2) is 41.6 Å². The van der Waals surface area contributed by atoms with Gasteiger partial charge in [-0.25, -0.2) is 0 Å². The van der Waals surface area contributed by atoms with Crippen LogP contribution in [0.15, 0.2) is 48.5 Å². The van der Waals surface area contributed by atoms with Gasteiger partial charge in [-0.2, -0.15) is 0 Å². The number of ether oxygens (including phenoxy) is 2. The van der Waals surface area contributed by atoms with Gasteiger partial charge in [0.25, 0.3) is 0 Å². The molecule has 0 amide bonds. The molecule has 0 aliphatic rings. The molecule has 0 heterocycles. The molecule has 0 aliphatic carbocycles. The van der Waals surface area contributed by atoms with E-state index in [-0.39, 0.29) is 6.42 Å². The zero-order valence-electron chi connectivity index (χ0n) is 25.5. The molecule has 0 bridgehead atoms. The number of unbranched alkanes of at least 4 members (excludes halogenated alkanes) is 10. The van der Waals surface area contributed by atoms with Crippen molar-refractivity contribution >= 4 is 40.5 Å². The fourth-order valence-corrected chi connectivity index (χ4v) is 12.0. The molecule has 2 rings (SSSR count). The molecule has 0 unspecified atom stereocenters. The first-order valence-electron chi connectivity index (χ1n) is 15.3. The summed E-state index contributed by atoms with van der Waals surface area (Å²) in [5.41, 5.74) is 0. The summed E-state index contributed by atoms with van der Waals surface area (Å²) in [6.07, 6.45) is 13.7. The molecule has 2 aromatic rings. The van der Waals surface area contributed by atoms with Crippen molar-refractivity contribution in [3.63, 3.8) is 0 Å². The second-order valence-electron chi connectivity index (χ2n) is 10.4. The zero-order chi connectivity index (χ0) is 31.4. The van der Waals surface area contributed by atoms with Crippen LogP contribution in [0.5, 0.6) is 11.5 Å². The maximum atomic E-state index is 12.9. The Labute approximate surface area is 266 Å². The monoisotopic (exact) mass is 758 g/mol. The van der Waals surface area contributed by atoms with Crippen LogP contribution in [0.4, 0.5) is 4.53 Å². The second-order valence-corrected chi connectivity index (χ2v) is 18.7. The van der Waals surface area contributed by atoms with E-state index in [0.29, 0.717) is 24.7 Å². The van der Waals surface area contributed by atoms with E-state index in [2.05, 4.69) is 18.2 Å². The first-order chi connectivity index (χ1) is 20.7. The third kappa shape index (κ3) is 16.4. The van der Waals surface area contributed by atoms with Crippen molar-refractivity contribution in [2.45, 2.75) is 97.3 Å². The standard InChI is InChI=1S/C31H48FIO8S2/c1-3-5-7-9-11-13-24-38-30-20-16-28(17-21-30)33(41-43(36,37)27-15-26-42(34,35)40-32)29-18-22-31(23-19-29)39-25-14-12-10-8-6-4-2/h16-23H,3-15,24-27H2,1-2H3. The van der Waals surface area contributed by atoms with Gasteiger partial charge in [0.1, 0.15) is 0 Å². The zero-order valence-corrected chi connectivity index (χ0v) is 29.3. The first-order valence-corrected chi connectivity index (χ1v) is 21.5. The Morgan fingerprint density at radius 3 is 1.37 bits per heavy atom. The molecule has 0 saturated carbocycles. The van der Waals surface area contributed by atoms with E-state index in [1.54, 1.807) is 0 Å². The number of hydrogen-bond acceptors (Lipinski definition) is 8. The average Bonchev–Trinajstić information content (AvgIpc) is 2.99. The third-order valence-electron chi connectivity index (χ3n) is 6.60. The predicted molar refractivity (Wildman–Crippen MR) is 178 cm³/mol. The molecular weight excluding hydrogens is 710 g/mol. The molecule has 0 aliphatic heterocycles. The molecule has 0 fully saturated rings. The van der Waals surface area contributed by atoms with Gasteiger partial charge < -0.3 is 0 Å². The number of benzene rings is 2. The summed E-state index contributed by atoms with van der Waals surface area (Å²) < 4.78 is 82.4. The van der Waals surface area contributed by atoms with Crippen LogP contribution < -0.4 is 9.47 Å². The third-order valence-corrected chi connectivity index (χ3v) is 15.1. The van der Waals surface area contributed by atoms with Crippen molar-refractivity contribution in [3.05, 3.63) is 55.7 Å². The molecule has 43 heavy (non-hydrogen) atoms. The molecule has 0 N–H and O–H groups in total. The molecule has 8 nitrogen and oxygen atoms in total. The van der Waals surface area contributed by atoms with E-state index in [1.165, 1.54) is 51.4 Å². The molecule has 0 atom stereocenters. The Balaban J connectivity index is 2.06. The molecule has 0 saturated heterocycles. The van der Waals surface area contributed by atoms with Crippen LogP contribution in [0.25, 0.3) is 0 Å².